The van der Waals surface area contributed by atoms with Crippen LogP contribution in [0.4, 0.5) is 5.69 Å². The summed E-state index contributed by atoms with van der Waals surface area (Å²) in [6, 6.07) is 16.6. The number of pyridine rings is 1. The summed E-state index contributed by atoms with van der Waals surface area (Å²) in [5.41, 5.74) is 8.31. The number of benzene rings is 2. The molecule has 0 atom stereocenters. The number of aromatic nitrogens is 2. The summed E-state index contributed by atoms with van der Waals surface area (Å²) in [5, 5.41) is 10.2. The first kappa shape index (κ1) is 25.4. The van der Waals surface area contributed by atoms with Crippen molar-refractivity contribution in [3.05, 3.63) is 84.1 Å². The van der Waals surface area contributed by atoms with Gasteiger partial charge >= 0.3 is 5.97 Å². The van der Waals surface area contributed by atoms with Crippen LogP contribution in [0.25, 0.3) is 33.4 Å². The molecule has 3 heterocycles. The van der Waals surface area contributed by atoms with Gasteiger partial charge in [-0.25, -0.2) is 4.98 Å². The smallest absolute Gasteiger partial charge is 0.307 e. The Balaban J connectivity index is 1.62. The molecule has 2 aromatic heterocycles. The number of hydrogen-bond donors (Lipinski definition) is 2. The topological polar surface area (TPSA) is 89.5 Å². The van der Waals surface area contributed by atoms with Crippen molar-refractivity contribution in [1.82, 2.24) is 14.9 Å². The first-order chi connectivity index (χ1) is 18.3. The molecule has 0 amide bonds. The third kappa shape index (κ3) is 5.24. The largest absolute Gasteiger partial charge is 0.481 e. The average Bonchev–Trinajstić information content (AvgIpc) is 3.29. The van der Waals surface area contributed by atoms with Gasteiger partial charge in [-0.2, -0.15) is 0 Å². The van der Waals surface area contributed by atoms with Crippen molar-refractivity contribution in [2.75, 3.05) is 38.1 Å². The number of fused-ring (bicyclic) bond motifs is 1. The fraction of sp³-hybridized carbons (Fsp3) is 0.258. The molecular formula is C31H32N4O3. The molecule has 38 heavy (non-hydrogen) atoms. The minimum Gasteiger partial charge on any atom is -0.481 e. The molecule has 1 aliphatic heterocycles. The van der Waals surface area contributed by atoms with E-state index in [4.69, 9.17) is 0 Å². The Labute approximate surface area is 222 Å². The number of piperazine rings is 1. The number of carboxylic acid groups (broad SMARTS) is 1. The number of nitrogens with zero attached hydrogens (tertiary/aromatic N) is 3. The lowest BCUT2D eigenvalue weighted by molar-refractivity contribution is -0.136. The van der Waals surface area contributed by atoms with Gasteiger partial charge in [0.25, 0.3) is 0 Å². The summed E-state index contributed by atoms with van der Waals surface area (Å²) in [6.45, 7) is 9.70. The highest BCUT2D eigenvalue weighted by atomic mass is 16.4. The Morgan fingerprint density at radius 3 is 2.42 bits per heavy atom. The summed E-state index contributed by atoms with van der Waals surface area (Å²) in [4.78, 5) is 36.4. The molecule has 4 aromatic rings. The van der Waals surface area contributed by atoms with Crippen LogP contribution < -0.4 is 4.90 Å². The Morgan fingerprint density at radius 1 is 1.03 bits per heavy atom. The van der Waals surface area contributed by atoms with E-state index in [1.165, 1.54) is 11.8 Å². The molecule has 5 rings (SSSR count). The van der Waals surface area contributed by atoms with E-state index in [2.05, 4.69) is 57.7 Å². The Morgan fingerprint density at radius 2 is 1.74 bits per heavy atom. The van der Waals surface area contributed by atoms with E-state index < -0.39 is 5.97 Å². The maximum Gasteiger partial charge on any atom is 0.307 e. The van der Waals surface area contributed by atoms with Crippen LogP contribution in [0.2, 0.25) is 0 Å². The van der Waals surface area contributed by atoms with Crippen molar-refractivity contribution in [2.24, 2.45) is 0 Å². The van der Waals surface area contributed by atoms with Crippen molar-refractivity contribution < 1.29 is 14.7 Å². The molecule has 0 saturated carbocycles. The normalized spacial score (nSPS) is 14.1. The van der Waals surface area contributed by atoms with E-state index in [1.807, 2.05) is 31.2 Å². The molecule has 0 radical (unpaired) electrons. The lowest BCUT2D eigenvalue weighted by Crippen LogP contribution is -2.44. The number of likely N-dealkylation sites (N-methyl/N-ethyl adjacent to an activating group) is 1. The van der Waals surface area contributed by atoms with Crippen LogP contribution in [0.5, 0.6) is 0 Å². The Bertz CT molecular complexity index is 1510. The minimum absolute atomic E-state index is 0.0330. The van der Waals surface area contributed by atoms with Crippen LogP contribution in [-0.2, 0) is 22.4 Å². The second-order valence-electron chi connectivity index (χ2n) is 10.0. The fourth-order valence-corrected chi connectivity index (χ4v) is 5.08. The number of aromatic amines is 1. The number of aryl methyl sites for hydroxylation is 1. The van der Waals surface area contributed by atoms with E-state index in [1.54, 1.807) is 6.20 Å². The van der Waals surface area contributed by atoms with Gasteiger partial charge in [0.2, 0.25) is 0 Å². The van der Waals surface area contributed by atoms with E-state index in [-0.39, 0.29) is 18.6 Å². The van der Waals surface area contributed by atoms with Crippen molar-refractivity contribution in [3.8, 4) is 22.4 Å². The summed E-state index contributed by atoms with van der Waals surface area (Å²) >= 11 is 0. The second kappa shape index (κ2) is 10.6. The van der Waals surface area contributed by atoms with Crippen LogP contribution in [0.15, 0.2) is 67.4 Å². The zero-order valence-electron chi connectivity index (χ0n) is 21.8. The number of aliphatic carboxylic acids is 1. The number of ketones is 1. The molecule has 0 unspecified atom stereocenters. The van der Waals surface area contributed by atoms with Gasteiger partial charge in [0.1, 0.15) is 5.65 Å². The molecule has 0 spiro atoms. The summed E-state index contributed by atoms with van der Waals surface area (Å²) < 4.78 is 0. The van der Waals surface area contributed by atoms with Gasteiger partial charge in [-0.1, -0.05) is 36.9 Å². The number of carbonyl (C=O) groups excluding carboxylic acids is 1. The molecular weight excluding hydrogens is 476 g/mol. The Hall–Kier alpha value is -4.23. The number of rotatable bonds is 8. The summed E-state index contributed by atoms with van der Waals surface area (Å²) in [7, 11) is 2.15. The quantitative estimate of drug-likeness (QED) is 0.330. The maximum absolute atomic E-state index is 12.2. The van der Waals surface area contributed by atoms with Gasteiger partial charge in [0, 0.05) is 55.4 Å². The van der Waals surface area contributed by atoms with Crippen LogP contribution in [0.3, 0.4) is 0 Å². The van der Waals surface area contributed by atoms with Gasteiger partial charge in [-0.3, -0.25) is 9.59 Å². The zero-order chi connectivity index (χ0) is 26.8. The number of carbonyl (C=O) groups is 2. The van der Waals surface area contributed by atoms with Crippen molar-refractivity contribution in [3.63, 3.8) is 0 Å². The zero-order valence-corrected chi connectivity index (χ0v) is 21.8. The van der Waals surface area contributed by atoms with E-state index in [9.17, 15) is 14.7 Å². The predicted octanol–water partition coefficient (Wildman–Crippen LogP) is 4.88. The van der Waals surface area contributed by atoms with E-state index in [0.717, 1.165) is 65.1 Å². The lowest BCUT2D eigenvalue weighted by Gasteiger charge is -2.34. The maximum atomic E-state index is 12.2. The molecule has 1 fully saturated rings. The lowest BCUT2D eigenvalue weighted by atomic mass is 9.93. The molecule has 0 aliphatic carbocycles. The van der Waals surface area contributed by atoms with Crippen LogP contribution in [0.1, 0.15) is 16.7 Å². The van der Waals surface area contributed by atoms with Gasteiger partial charge < -0.3 is 19.9 Å². The molecule has 7 nitrogen and oxygen atoms in total. The number of H-pyrrole nitrogens is 1. The number of nitrogens with one attached hydrogen (secondary N) is 1. The first-order valence-electron chi connectivity index (χ1n) is 12.8. The fourth-order valence-electron chi connectivity index (χ4n) is 5.08. The molecule has 7 heteroatoms. The molecule has 2 N–H and O–H groups in total. The predicted molar refractivity (Wildman–Crippen MR) is 152 cm³/mol. The molecule has 194 valence electrons. The molecule has 2 aromatic carbocycles. The van der Waals surface area contributed by atoms with Crippen molar-refractivity contribution in [1.29, 1.82) is 0 Å². The Kier molecular flexibility index (Phi) is 7.11. The SMILES string of the molecule is C=CC(=O)Cc1cc(-c2c(-c3ccc(N4CCN(C)CC4)cc3)[nH]c3ncc(CC(=O)O)cc23)ccc1C. The third-order valence-corrected chi connectivity index (χ3v) is 7.32. The number of allylic oxidation sites excluding steroid dienone is 1. The molecule has 1 saturated heterocycles. The van der Waals surface area contributed by atoms with E-state index in [0.29, 0.717) is 11.2 Å². The van der Waals surface area contributed by atoms with Crippen LogP contribution in [0, 0.1) is 6.92 Å². The minimum atomic E-state index is -0.900. The molecule has 1 aliphatic rings. The van der Waals surface area contributed by atoms with Crippen LogP contribution in [-0.4, -0.2) is 65.0 Å². The van der Waals surface area contributed by atoms with Crippen molar-refractivity contribution in [2.45, 2.75) is 19.8 Å². The van der Waals surface area contributed by atoms with Crippen LogP contribution >= 0.6 is 0 Å². The number of carboxylic acids is 1. The van der Waals surface area contributed by atoms with Gasteiger partial charge in [0.05, 0.1) is 12.1 Å². The highest BCUT2D eigenvalue weighted by molar-refractivity contribution is 6.03. The van der Waals surface area contributed by atoms with Crippen molar-refractivity contribution >= 4 is 28.5 Å². The first-order valence-corrected chi connectivity index (χ1v) is 12.8. The number of hydrogen-bond acceptors (Lipinski definition) is 5. The average molecular weight is 509 g/mol. The van der Waals surface area contributed by atoms with Gasteiger partial charge in [-0.05, 0) is 66.1 Å². The summed E-state index contributed by atoms with van der Waals surface area (Å²) in [6.07, 6.45) is 3.15. The monoisotopic (exact) mass is 508 g/mol. The highest BCUT2D eigenvalue weighted by Gasteiger charge is 2.19. The highest BCUT2D eigenvalue weighted by Crippen LogP contribution is 2.39. The van der Waals surface area contributed by atoms with E-state index >= 15 is 0 Å². The molecule has 0 bridgehead atoms. The van der Waals surface area contributed by atoms with Gasteiger partial charge in [0.15, 0.2) is 5.78 Å². The second-order valence-corrected chi connectivity index (χ2v) is 10.0. The number of anilines is 1. The third-order valence-electron chi connectivity index (χ3n) is 7.32. The van der Waals surface area contributed by atoms with Gasteiger partial charge in [-0.15, -0.1) is 0 Å². The standard InChI is InChI=1S/C31H32N4O3/c1-4-26(36)18-24-17-23(6-5-20(24)2)29-27-15-21(16-28(37)38)19-32-31(27)33-30(29)22-7-9-25(10-8-22)35-13-11-34(3)12-14-35/h4-10,15,17,19H,1,11-14,16,18H2,2-3H3,(H,32,33)(H,37,38). The summed E-state index contributed by atoms with van der Waals surface area (Å²) in [5.74, 6) is -0.933.